The van der Waals surface area contributed by atoms with E-state index in [1.165, 1.54) is 0 Å². The van der Waals surface area contributed by atoms with Gasteiger partial charge in [-0.15, -0.1) is 0 Å². The van der Waals surface area contributed by atoms with Crippen molar-refractivity contribution in [2.75, 3.05) is 32.3 Å². The molecule has 132 valence electrons. The molecule has 0 saturated heterocycles. The van der Waals surface area contributed by atoms with E-state index in [0.29, 0.717) is 41.3 Å². The Morgan fingerprint density at radius 3 is 2.84 bits per heavy atom. The van der Waals surface area contributed by atoms with Crippen molar-refractivity contribution in [2.24, 2.45) is 0 Å². The lowest BCUT2D eigenvalue weighted by molar-refractivity contribution is -0.117. The van der Waals surface area contributed by atoms with Crippen LogP contribution in [0.1, 0.15) is 12.0 Å². The van der Waals surface area contributed by atoms with E-state index in [-0.39, 0.29) is 12.3 Å². The van der Waals surface area contributed by atoms with Crippen molar-refractivity contribution in [3.8, 4) is 17.4 Å². The Balaban J connectivity index is 1.75. The lowest BCUT2D eigenvalue weighted by Gasteiger charge is -2.18. The molecular formula is C18H19ClN2O4. The van der Waals surface area contributed by atoms with Gasteiger partial charge in [0.15, 0.2) is 11.5 Å². The standard InChI is InChI=1S/C18H19ClN2O4/c1-21(13-4-5-16(23-2)20-11-13)17(22)10-12-8-14(19)18-15(9-12)24-6-3-7-25-18/h4-5,8-9,11H,3,6-7,10H2,1-2H3. The van der Waals surface area contributed by atoms with E-state index in [1.54, 1.807) is 43.5 Å². The first kappa shape index (κ1) is 17.4. The number of pyridine rings is 1. The van der Waals surface area contributed by atoms with Gasteiger partial charge in [0.2, 0.25) is 11.8 Å². The first-order valence-corrected chi connectivity index (χ1v) is 8.31. The van der Waals surface area contributed by atoms with Crippen LogP contribution < -0.4 is 19.1 Å². The highest BCUT2D eigenvalue weighted by molar-refractivity contribution is 6.32. The van der Waals surface area contributed by atoms with E-state index in [0.717, 1.165) is 12.0 Å². The number of carbonyl (C=O) groups is 1. The van der Waals surface area contributed by atoms with Gasteiger partial charge < -0.3 is 19.1 Å². The maximum atomic E-state index is 12.6. The molecule has 1 aliphatic rings. The third-order valence-corrected chi connectivity index (χ3v) is 4.19. The van der Waals surface area contributed by atoms with Gasteiger partial charge in [-0.3, -0.25) is 4.79 Å². The molecule has 0 spiro atoms. The monoisotopic (exact) mass is 362 g/mol. The third-order valence-electron chi connectivity index (χ3n) is 3.91. The Labute approximate surface area is 151 Å². The molecule has 3 rings (SSSR count). The average Bonchev–Trinajstić information content (AvgIpc) is 2.87. The lowest BCUT2D eigenvalue weighted by Crippen LogP contribution is -2.27. The summed E-state index contributed by atoms with van der Waals surface area (Å²) in [5.41, 5.74) is 1.46. The summed E-state index contributed by atoms with van der Waals surface area (Å²) in [6.45, 7) is 1.14. The first-order chi connectivity index (χ1) is 12.1. The zero-order valence-corrected chi connectivity index (χ0v) is 14.9. The molecule has 1 aliphatic heterocycles. The average molecular weight is 363 g/mol. The lowest BCUT2D eigenvalue weighted by atomic mass is 10.1. The molecule has 1 amide bonds. The largest absolute Gasteiger partial charge is 0.489 e. The molecule has 25 heavy (non-hydrogen) atoms. The summed E-state index contributed by atoms with van der Waals surface area (Å²) >= 11 is 6.28. The number of benzene rings is 1. The van der Waals surface area contributed by atoms with Crippen LogP contribution in [0, 0.1) is 0 Å². The fraction of sp³-hybridized carbons (Fsp3) is 0.333. The molecule has 0 fully saturated rings. The summed E-state index contributed by atoms with van der Waals surface area (Å²) in [6, 6.07) is 7.05. The van der Waals surface area contributed by atoms with Crippen LogP contribution in [0.15, 0.2) is 30.5 Å². The molecule has 2 aromatic rings. The normalized spacial score (nSPS) is 13.1. The minimum absolute atomic E-state index is 0.0856. The van der Waals surface area contributed by atoms with Crippen molar-refractivity contribution in [2.45, 2.75) is 12.8 Å². The second-order valence-corrected chi connectivity index (χ2v) is 6.05. The minimum Gasteiger partial charge on any atom is -0.489 e. The molecule has 0 atom stereocenters. The van der Waals surface area contributed by atoms with Crippen LogP contribution in [-0.4, -0.2) is 38.3 Å². The first-order valence-electron chi connectivity index (χ1n) is 7.93. The Morgan fingerprint density at radius 2 is 2.12 bits per heavy atom. The predicted octanol–water partition coefficient (Wildman–Crippen LogP) is 3.11. The molecule has 0 saturated carbocycles. The van der Waals surface area contributed by atoms with E-state index in [9.17, 15) is 4.79 Å². The summed E-state index contributed by atoms with van der Waals surface area (Å²) < 4.78 is 16.3. The van der Waals surface area contributed by atoms with Crippen molar-refractivity contribution in [3.05, 3.63) is 41.0 Å². The van der Waals surface area contributed by atoms with Crippen LogP contribution in [-0.2, 0) is 11.2 Å². The maximum absolute atomic E-state index is 12.6. The molecular weight excluding hydrogens is 344 g/mol. The van der Waals surface area contributed by atoms with Gasteiger partial charge in [-0.2, -0.15) is 0 Å². The highest BCUT2D eigenvalue weighted by Gasteiger charge is 2.18. The highest BCUT2D eigenvalue weighted by atomic mass is 35.5. The van der Waals surface area contributed by atoms with Gasteiger partial charge >= 0.3 is 0 Å². The Morgan fingerprint density at radius 1 is 1.32 bits per heavy atom. The molecule has 6 nitrogen and oxygen atoms in total. The fourth-order valence-corrected chi connectivity index (χ4v) is 2.80. The third kappa shape index (κ3) is 3.96. The molecule has 2 heterocycles. The van der Waals surface area contributed by atoms with Gasteiger partial charge in [0, 0.05) is 19.5 Å². The van der Waals surface area contributed by atoms with Gasteiger partial charge in [0.05, 0.1) is 43.7 Å². The number of rotatable bonds is 4. The van der Waals surface area contributed by atoms with E-state index >= 15 is 0 Å². The smallest absolute Gasteiger partial charge is 0.231 e. The van der Waals surface area contributed by atoms with Crippen molar-refractivity contribution in [1.82, 2.24) is 4.98 Å². The zero-order valence-electron chi connectivity index (χ0n) is 14.1. The predicted molar refractivity (Wildman–Crippen MR) is 95.0 cm³/mol. The van der Waals surface area contributed by atoms with Crippen LogP contribution in [0.4, 0.5) is 5.69 Å². The van der Waals surface area contributed by atoms with E-state index in [2.05, 4.69) is 4.98 Å². The number of hydrogen-bond acceptors (Lipinski definition) is 5. The van der Waals surface area contributed by atoms with Gasteiger partial charge in [0.25, 0.3) is 0 Å². The Hall–Kier alpha value is -2.47. The summed E-state index contributed by atoms with van der Waals surface area (Å²) in [5.74, 6) is 1.54. The summed E-state index contributed by atoms with van der Waals surface area (Å²) in [5, 5.41) is 0.455. The number of carbonyl (C=O) groups excluding carboxylic acids is 1. The van der Waals surface area contributed by atoms with Gasteiger partial charge in [-0.05, 0) is 23.8 Å². The number of methoxy groups -OCH3 is 1. The van der Waals surface area contributed by atoms with Crippen LogP contribution in [0.3, 0.4) is 0 Å². The van der Waals surface area contributed by atoms with Gasteiger partial charge in [-0.25, -0.2) is 4.98 Å². The number of amides is 1. The summed E-state index contributed by atoms with van der Waals surface area (Å²) in [4.78, 5) is 18.2. The van der Waals surface area contributed by atoms with Crippen LogP contribution in [0.2, 0.25) is 5.02 Å². The van der Waals surface area contributed by atoms with Gasteiger partial charge in [0.1, 0.15) is 0 Å². The molecule has 7 heteroatoms. The van der Waals surface area contributed by atoms with E-state index in [1.807, 2.05) is 6.07 Å². The number of nitrogens with zero attached hydrogens (tertiary/aromatic N) is 2. The number of hydrogen-bond donors (Lipinski definition) is 0. The van der Waals surface area contributed by atoms with Crippen molar-refractivity contribution in [3.63, 3.8) is 0 Å². The number of likely N-dealkylation sites (N-methyl/N-ethyl adjacent to an activating group) is 1. The molecule has 1 aromatic heterocycles. The SMILES string of the molecule is COc1ccc(N(C)C(=O)Cc2cc(Cl)c3c(c2)OCCCO3)cn1. The zero-order chi connectivity index (χ0) is 17.8. The van der Waals surface area contributed by atoms with E-state index < -0.39 is 0 Å². The minimum atomic E-state index is -0.0856. The van der Waals surface area contributed by atoms with Crippen LogP contribution in [0.25, 0.3) is 0 Å². The number of fused-ring (bicyclic) bond motifs is 1. The van der Waals surface area contributed by atoms with Crippen molar-refractivity contribution in [1.29, 1.82) is 0 Å². The molecule has 0 N–H and O–H groups in total. The molecule has 0 unspecified atom stereocenters. The topological polar surface area (TPSA) is 60.9 Å². The maximum Gasteiger partial charge on any atom is 0.231 e. The van der Waals surface area contributed by atoms with Gasteiger partial charge in [-0.1, -0.05) is 11.6 Å². The summed E-state index contributed by atoms with van der Waals surface area (Å²) in [6.07, 6.45) is 2.59. The van der Waals surface area contributed by atoms with Crippen molar-refractivity contribution >= 4 is 23.2 Å². The molecule has 0 aliphatic carbocycles. The Kier molecular flexibility index (Phi) is 5.28. The van der Waals surface area contributed by atoms with Crippen molar-refractivity contribution < 1.29 is 19.0 Å². The van der Waals surface area contributed by atoms with Crippen LogP contribution >= 0.6 is 11.6 Å². The Bertz CT molecular complexity index is 764. The quantitative estimate of drug-likeness (QED) is 0.836. The fourth-order valence-electron chi connectivity index (χ4n) is 2.52. The van der Waals surface area contributed by atoms with E-state index in [4.69, 9.17) is 25.8 Å². The second-order valence-electron chi connectivity index (χ2n) is 5.64. The number of anilines is 1. The molecule has 0 radical (unpaired) electrons. The highest BCUT2D eigenvalue weighted by Crippen LogP contribution is 2.38. The number of ether oxygens (including phenoxy) is 3. The molecule has 0 bridgehead atoms. The number of aromatic nitrogens is 1. The van der Waals surface area contributed by atoms with Crippen LogP contribution in [0.5, 0.6) is 17.4 Å². The second kappa shape index (κ2) is 7.61. The molecule has 1 aromatic carbocycles. The number of halogens is 1. The summed E-state index contributed by atoms with van der Waals surface area (Å²) in [7, 11) is 3.25.